The standard InChI is InChI=1S/C32H53N3O7/c1-17(31(36)34-16-18-6-10-24(38-2)26(14-18)40-4)42-19-7-9-23-22(15-19)20-12-13-33-28-21-8-11-25(39-3)30(41-5)27(21)32(37)35(23)29(20)28/h17-30,33H,6-16H2,1-5H3,(H,34,36)/t17-,18?,19?,20?,21?,22?,23?,24?,25?,26?,27?,28?,29?,30?/m0/s1. The van der Waals surface area contributed by atoms with E-state index in [4.69, 9.17) is 23.7 Å². The first-order valence-corrected chi connectivity index (χ1v) is 16.5. The molecule has 6 aliphatic rings. The van der Waals surface area contributed by atoms with E-state index in [0.717, 1.165) is 64.3 Å². The summed E-state index contributed by atoms with van der Waals surface area (Å²) in [5.74, 6) is 1.66. The molecule has 6 rings (SSSR count). The third-order valence-corrected chi connectivity index (χ3v) is 12.0. The van der Waals surface area contributed by atoms with Gasteiger partial charge in [0.15, 0.2) is 0 Å². The van der Waals surface area contributed by atoms with E-state index in [1.807, 2.05) is 6.92 Å². The molecule has 0 aromatic carbocycles. The van der Waals surface area contributed by atoms with Gasteiger partial charge in [-0.25, -0.2) is 0 Å². The van der Waals surface area contributed by atoms with E-state index in [1.54, 1.807) is 28.4 Å². The summed E-state index contributed by atoms with van der Waals surface area (Å²) in [5, 5.41) is 7.00. The van der Waals surface area contributed by atoms with Crippen molar-refractivity contribution in [2.75, 3.05) is 41.5 Å². The van der Waals surface area contributed by atoms with Crippen molar-refractivity contribution in [3.63, 3.8) is 0 Å². The summed E-state index contributed by atoms with van der Waals surface area (Å²) in [5.41, 5.74) is 0. The number of nitrogens with zero attached hydrogens (tertiary/aromatic N) is 1. The zero-order valence-electron chi connectivity index (χ0n) is 26.2. The van der Waals surface area contributed by atoms with Crippen LogP contribution in [-0.2, 0) is 33.3 Å². The molecular formula is C32H53N3O7. The minimum absolute atomic E-state index is 0.0342. The summed E-state index contributed by atoms with van der Waals surface area (Å²) >= 11 is 0. The van der Waals surface area contributed by atoms with Crippen molar-refractivity contribution < 1.29 is 33.3 Å². The molecule has 2 N–H and O–H groups in total. The molecule has 42 heavy (non-hydrogen) atoms. The first-order valence-electron chi connectivity index (χ1n) is 16.5. The van der Waals surface area contributed by atoms with Crippen LogP contribution in [0.4, 0.5) is 0 Å². The molecule has 10 nitrogen and oxygen atoms in total. The van der Waals surface area contributed by atoms with Crippen LogP contribution < -0.4 is 10.6 Å². The lowest BCUT2D eigenvalue weighted by molar-refractivity contribution is -0.175. The van der Waals surface area contributed by atoms with Gasteiger partial charge in [-0.3, -0.25) is 9.59 Å². The summed E-state index contributed by atoms with van der Waals surface area (Å²) in [7, 11) is 6.94. The van der Waals surface area contributed by atoms with E-state index >= 15 is 0 Å². The predicted octanol–water partition coefficient (Wildman–Crippen LogP) is 2.13. The summed E-state index contributed by atoms with van der Waals surface area (Å²) in [6.45, 7) is 3.51. The van der Waals surface area contributed by atoms with Gasteiger partial charge in [-0.15, -0.1) is 0 Å². The van der Waals surface area contributed by atoms with Crippen LogP contribution in [0.5, 0.6) is 0 Å². The molecule has 3 saturated heterocycles. The summed E-state index contributed by atoms with van der Waals surface area (Å²) < 4.78 is 29.4. The SMILES string of the molecule is COC1CCC(CNC(=O)[C@H](C)OC2CCC3C(C2)C2CCNC4C5CCC(OC)C(OC)C5C(=O)N3C24)CC1OC. The lowest BCUT2D eigenvalue weighted by Gasteiger charge is -2.55. The van der Waals surface area contributed by atoms with Gasteiger partial charge in [0, 0.05) is 47.1 Å². The Morgan fingerprint density at radius 2 is 1.64 bits per heavy atom. The highest BCUT2D eigenvalue weighted by Crippen LogP contribution is 2.54. The largest absolute Gasteiger partial charge is 0.379 e. The minimum Gasteiger partial charge on any atom is -0.379 e. The Morgan fingerprint density at radius 1 is 0.881 bits per heavy atom. The Bertz CT molecular complexity index is 968. The summed E-state index contributed by atoms with van der Waals surface area (Å²) in [4.78, 5) is 29.6. The highest BCUT2D eigenvalue weighted by Gasteiger charge is 2.64. The first kappa shape index (κ1) is 30.7. The minimum atomic E-state index is -0.497. The third kappa shape index (κ3) is 5.42. The number of piperidine rings is 2. The molecule has 6 fully saturated rings. The van der Waals surface area contributed by atoms with E-state index in [0.29, 0.717) is 30.3 Å². The van der Waals surface area contributed by atoms with Gasteiger partial charge in [0.25, 0.3) is 0 Å². The molecule has 10 heteroatoms. The molecule has 0 bridgehead atoms. The number of carbonyl (C=O) groups excluding carboxylic acids is 2. The van der Waals surface area contributed by atoms with Crippen LogP contribution in [0.25, 0.3) is 0 Å². The molecule has 0 spiro atoms. The first-order chi connectivity index (χ1) is 20.4. The lowest BCUT2D eigenvalue weighted by atomic mass is 9.64. The van der Waals surface area contributed by atoms with Crippen molar-refractivity contribution in [1.82, 2.24) is 15.5 Å². The smallest absolute Gasteiger partial charge is 0.248 e. The maximum Gasteiger partial charge on any atom is 0.248 e. The average Bonchev–Trinajstić information content (AvgIpc) is 3.36. The number of nitrogens with one attached hydrogen (secondary N) is 2. The Kier molecular flexibility index (Phi) is 9.49. The maximum atomic E-state index is 14.2. The van der Waals surface area contributed by atoms with Crippen LogP contribution in [0, 0.1) is 29.6 Å². The second-order valence-electron chi connectivity index (χ2n) is 13.8. The second-order valence-corrected chi connectivity index (χ2v) is 13.8. The third-order valence-electron chi connectivity index (χ3n) is 12.0. The van der Waals surface area contributed by atoms with Crippen molar-refractivity contribution in [2.24, 2.45) is 29.6 Å². The number of ether oxygens (including phenoxy) is 5. The van der Waals surface area contributed by atoms with Crippen LogP contribution in [-0.4, -0.2) is 113 Å². The number of amides is 2. The molecule has 3 saturated carbocycles. The van der Waals surface area contributed by atoms with Crippen LogP contribution >= 0.6 is 0 Å². The van der Waals surface area contributed by atoms with Gasteiger partial charge in [-0.05, 0) is 94.9 Å². The molecule has 13 unspecified atom stereocenters. The van der Waals surface area contributed by atoms with Crippen molar-refractivity contribution in [1.29, 1.82) is 0 Å². The molecule has 14 atom stereocenters. The lowest BCUT2D eigenvalue weighted by Crippen LogP contribution is -2.70. The van der Waals surface area contributed by atoms with Gasteiger partial charge >= 0.3 is 0 Å². The Balaban J connectivity index is 1.07. The molecular weight excluding hydrogens is 538 g/mol. The molecule has 0 aromatic heterocycles. The van der Waals surface area contributed by atoms with E-state index < -0.39 is 6.10 Å². The zero-order valence-corrected chi connectivity index (χ0v) is 26.2. The Morgan fingerprint density at radius 3 is 2.38 bits per heavy atom. The molecule has 3 heterocycles. The summed E-state index contributed by atoms with van der Waals surface area (Å²) in [6, 6.07) is 0.812. The van der Waals surface area contributed by atoms with Crippen LogP contribution in [0.1, 0.15) is 64.7 Å². The van der Waals surface area contributed by atoms with Crippen molar-refractivity contribution in [3.8, 4) is 0 Å². The number of fused-ring (bicyclic) bond motifs is 5. The molecule has 3 aliphatic carbocycles. The van der Waals surface area contributed by atoms with Crippen LogP contribution in [0.2, 0.25) is 0 Å². The monoisotopic (exact) mass is 591 g/mol. The fraction of sp³-hybridized carbons (Fsp3) is 0.938. The molecule has 238 valence electrons. The quantitative estimate of drug-likeness (QED) is 0.420. The second kappa shape index (κ2) is 13.0. The molecule has 2 amide bonds. The van der Waals surface area contributed by atoms with E-state index in [9.17, 15) is 9.59 Å². The number of carbonyl (C=O) groups is 2. The van der Waals surface area contributed by atoms with Crippen molar-refractivity contribution >= 4 is 11.8 Å². The number of rotatable bonds is 9. The number of hydrogen-bond donors (Lipinski definition) is 2. The van der Waals surface area contributed by atoms with Gasteiger partial charge in [-0.1, -0.05) is 0 Å². The molecule has 0 radical (unpaired) electrons. The van der Waals surface area contributed by atoms with Gasteiger partial charge in [0.2, 0.25) is 11.8 Å². The van der Waals surface area contributed by atoms with Gasteiger partial charge in [-0.2, -0.15) is 0 Å². The highest BCUT2D eigenvalue weighted by molar-refractivity contribution is 5.83. The molecule has 0 aromatic rings. The fourth-order valence-corrected chi connectivity index (χ4v) is 10.1. The van der Waals surface area contributed by atoms with Gasteiger partial charge in [0.1, 0.15) is 6.10 Å². The zero-order chi connectivity index (χ0) is 29.5. The topological polar surface area (TPSA) is 108 Å². The van der Waals surface area contributed by atoms with Crippen molar-refractivity contribution in [2.45, 2.75) is 119 Å². The number of methoxy groups -OCH3 is 4. The van der Waals surface area contributed by atoms with Crippen LogP contribution in [0.3, 0.4) is 0 Å². The normalized spacial score (nSPS) is 45.5. The van der Waals surface area contributed by atoms with Gasteiger partial charge < -0.3 is 39.2 Å². The fourth-order valence-electron chi connectivity index (χ4n) is 10.1. The number of hydrogen-bond acceptors (Lipinski definition) is 8. The van der Waals surface area contributed by atoms with E-state index in [2.05, 4.69) is 15.5 Å². The summed E-state index contributed by atoms with van der Waals surface area (Å²) in [6.07, 6.45) is 8.13. The van der Waals surface area contributed by atoms with Crippen LogP contribution in [0.15, 0.2) is 0 Å². The van der Waals surface area contributed by atoms with E-state index in [-0.39, 0.29) is 66.3 Å². The predicted molar refractivity (Wildman–Crippen MR) is 156 cm³/mol. The highest BCUT2D eigenvalue weighted by atomic mass is 16.5. The molecule has 3 aliphatic heterocycles. The van der Waals surface area contributed by atoms with Gasteiger partial charge in [0.05, 0.1) is 42.5 Å². The average molecular weight is 592 g/mol. The maximum absolute atomic E-state index is 14.2. The van der Waals surface area contributed by atoms with Crippen molar-refractivity contribution in [3.05, 3.63) is 0 Å². The Labute approximate surface area is 251 Å². The van der Waals surface area contributed by atoms with E-state index in [1.165, 1.54) is 0 Å². The Hall–Kier alpha value is -1.30.